The van der Waals surface area contributed by atoms with Crippen LogP contribution in [0.2, 0.25) is 0 Å². The Kier molecular flexibility index (Phi) is 3.60. The Morgan fingerprint density at radius 2 is 1.88 bits per heavy atom. The third kappa shape index (κ3) is 2.16. The zero-order chi connectivity index (χ0) is 12.7. The molecule has 0 spiro atoms. The second kappa shape index (κ2) is 4.57. The van der Waals surface area contributed by atoms with Crippen molar-refractivity contribution in [2.75, 3.05) is 6.61 Å². The van der Waals surface area contributed by atoms with E-state index >= 15 is 0 Å². The van der Waals surface area contributed by atoms with E-state index in [2.05, 4.69) is 27.7 Å². The molecule has 0 heterocycles. The zero-order valence-electron chi connectivity index (χ0n) is 12.1. The van der Waals surface area contributed by atoms with Gasteiger partial charge in [-0.15, -0.1) is 0 Å². The van der Waals surface area contributed by atoms with Gasteiger partial charge in [0.1, 0.15) is 0 Å². The van der Waals surface area contributed by atoms with Gasteiger partial charge in [-0.3, -0.25) is 0 Å². The molecular formula is C16H32O. The average molecular weight is 240 g/mol. The molecule has 0 aromatic rings. The van der Waals surface area contributed by atoms with Crippen LogP contribution in [0.1, 0.15) is 67.6 Å². The van der Waals surface area contributed by atoms with Crippen LogP contribution in [0.25, 0.3) is 0 Å². The topological polar surface area (TPSA) is 20.2 Å². The van der Waals surface area contributed by atoms with Crippen LogP contribution >= 0.6 is 0 Å². The van der Waals surface area contributed by atoms with Gasteiger partial charge in [-0.2, -0.15) is 0 Å². The third-order valence-electron chi connectivity index (χ3n) is 6.16. The summed E-state index contributed by atoms with van der Waals surface area (Å²) in [6.45, 7) is 10.2. The van der Waals surface area contributed by atoms with Gasteiger partial charge in [-0.1, -0.05) is 40.5 Å². The number of aliphatic hydroxyl groups is 1. The predicted octanol–water partition coefficient (Wildman–Crippen LogP) is 4.49. The van der Waals surface area contributed by atoms with Crippen LogP contribution in [0.5, 0.6) is 0 Å². The van der Waals surface area contributed by atoms with E-state index in [0.29, 0.717) is 17.4 Å². The fourth-order valence-corrected chi connectivity index (χ4v) is 5.36. The average Bonchev–Trinajstić information content (AvgIpc) is 2.22. The van der Waals surface area contributed by atoms with Crippen LogP contribution in [0, 0.1) is 28.6 Å². The number of fused-ring (bicyclic) bond motifs is 1. The minimum Gasteiger partial charge on any atom is -0.396 e. The molecule has 102 valence electrons. The first-order valence-electron chi connectivity index (χ1n) is 7.52. The highest BCUT2D eigenvalue weighted by Gasteiger charge is 2.53. The number of aliphatic hydroxyl groups excluding tert-OH is 1. The molecule has 1 heteroatoms. The zero-order valence-corrected chi connectivity index (χ0v) is 12.1. The normalized spacial score (nSPS) is 45.4. The van der Waals surface area contributed by atoms with Crippen molar-refractivity contribution in [2.24, 2.45) is 28.6 Å². The molecule has 2 saturated carbocycles. The van der Waals surface area contributed by atoms with Crippen molar-refractivity contribution in [2.45, 2.75) is 66.2 Å². The van der Waals surface area contributed by atoms with Gasteiger partial charge >= 0.3 is 0 Å². The first kappa shape index (κ1) is 13.4. The summed E-state index contributed by atoms with van der Waals surface area (Å²) in [6.07, 6.45) is 7.96. The first-order valence-corrected chi connectivity index (χ1v) is 7.52. The van der Waals surface area contributed by atoms with E-state index in [0.717, 1.165) is 24.2 Å². The van der Waals surface area contributed by atoms with Crippen molar-refractivity contribution in [3.05, 3.63) is 0 Å². The number of hydrogen-bond donors (Lipinski definition) is 1. The van der Waals surface area contributed by atoms with E-state index in [4.69, 9.17) is 0 Å². The highest BCUT2D eigenvalue weighted by atomic mass is 16.3. The fourth-order valence-electron chi connectivity index (χ4n) is 5.36. The van der Waals surface area contributed by atoms with Crippen molar-refractivity contribution in [1.82, 2.24) is 0 Å². The van der Waals surface area contributed by atoms with Gasteiger partial charge in [-0.25, -0.2) is 0 Å². The van der Waals surface area contributed by atoms with Gasteiger partial charge in [0.25, 0.3) is 0 Å². The summed E-state index contributed by atoms with van der Waals surface area (Å²) >= 11 is 0. The Morgan fingerprint density at radius 3 is 2.53 bits per heavy atom. The first-order chi connectivity index (χ1) is 7.92. The summed E-state index contributed by atoms with van der Waals surface area (Å²) in [5, 5.41) is 9.37. The van der Waals surface area contributed by atoms with Crippen LogP contribution in [0.15, 0.2) is 0 Å². The van der Waals surface area contributed by atoms with Crippen LogP contribution < -0.4 is 0 Å². The van der Waals surface area contributed by atoms with Crippen LogP contribution in [-0.2, 0) is 0 Å². The molecule has 1 nitrogen and oxygen atoms in total. The lowest BCUT2D eigenvalue weighted by atomic mass is 9.46. The molecule has 0 bridgehead atoms. The fraction of sp³-hybridized carbons (Fsp3) is 1.00. The monoisotopic (exact) mass is 240 g/mol. The maximum Gasteiger partial charge on any atom is 0.0433 e. The van der Waals surface area contributed by atoms with Gasteiger partial charge in [0.15, 0.2) is 0 Å². The van der Waals surface area contributed by atoms with E-state index in [1.165, 1.54) is 32.1 Å². The second-order valence-electron chi connectivity index (χ2n) is 7.57. The lowest BCUT2D eigenvalue weighted by Crippen LogP contribution is -2.51. The van der Waals surface area contributed by atoms with Gasteiger partial charge in [0, 0.05) is 8.03 Å². The second-order valence-corrected chi connectivity index (χ2v) is 7.57. The Morgan fingerprint density at radius 1 is 1.18 bits per heavy atom. The molecular weight excluding hydrogens is 208 g/mol. The molecule has 0 radical (unpaired) electrons. The highest BCUT2D eigenvalue weighted by molar-refractivity contribution is 5.02. The Labute approximate surface area is 108 Å². The largest absolute Gasteiger partial charge is 0.396 e. The van der Waals surface area contributed by atoms with Crippen molar-refractivity contribution in [1.29, 1.82) is 0 Å². The minimum absolute atomic E-state index is 0. The lowest BCUT2D eigenvalue weighted by Gasteiger charge is -2.59. The van der Waals surface area contributed by atoms with Crippen LogP contribution in [0.4, 0.5) is 0 Å². The Hall–Kier alpha value is -0.0400. The molecule has 1 unspecified atom stereocenters. The molecule has 2 rings (SSSR count). The van der Waals surface area contributed by atoms with Crippen molar-refractivity contribution in [3.63, 3.8) is 0 Å². The summed E-state index contributed by atoms with van der Waals surface area (Å²) in [7, 11) is 0. The Bertz CT molecular complexity index is 276. The van der Waals surface area contributed by atoms with Crippen molar-refractivity contribution >= 4 is 0 Å². The maximum atomic E-state index is 9.37. The van der Waals surface area contributed by atoms with Crippen LogP contribution in [0.3, 0.4) is 0 Å². The summed E-state index contributed by atoms with van der Waals surface area (Å²) in [5.41, 5.74) is 1.00. The molecule has 2 fully saturated rings. The molecule has 0 aliphatic heterocycles. The molecule has 0 aromatic carbocycles. The molecule has 1 N–H and O–H groups in total. The summed E-state index contributed by atoms with van der Waals surface area (Å²) in [5.74, 6) is 2.42. The standard InChI is InChI=1S/C16H30O.H2/c1-12-6-7-14-15(2,3)9-5-10-16(14,4)13(12)8-11-17;/h12-14,17H,5-11H2,1-4H3;1H/t12-,13-,14?,16+;/m0./s1. The van der Waals surface area contributed by atoms with Crippen LogP contribution in [-0.4, -0.2) is 11.7 Å². The van der Waals surface area contributed by atoms with Gasteiger partial charge in [0.2, 0.25) is 0 Å². The van der Waals surface area contributed by atoms with Gasteiger partial charge < -0.3 is 5.11 Å². The summed E-state index contributed by atoms with van der Waals surface area (Å²) in [6, 6.07) is 0. The van der Waals surface area contributed by atoms with E-state index in [1.807, 2.05) is 0 Å². The van der Waals surface area contributed by atoms with E-state index in [-0.39, 0.29) is 1.43 Å². The highest BCUT2D eigenvalue weighted by Crippen LogP contribution is 2.61. The number of hydrogen-bond acceptors (Lipinski definition) is 1. The third-order valence-corrected chi connectivity index (χ3v) is 6.16. The Balaban J connectivity index is 0.00000162. The SMILES string of the molecule is C[C@H]1CCC2C(C)(C)CCC[C@]2(C)[C@H]1CCO.[HH]. The molecule has 0 saturated heterocycles. The van der Waals surface area contributed by atoms with Crippen molar-refractivity contribution in [3.8, 4) is 0 Å². The molecule has 2 aliphatic carbocycles. The molecule has 0 aromatic heterocycles. The summed E-state index contributed by atoms with van der Waals surface area (Å²) in [4.78, 5) is 0. The lowest BCUT2D eigenvalue weighted by molar-refractivity contribution is -0.0991. The van der Waals surface area contributed by atoms with E-state index in [1.54, 1.807) is 0 Å². The van der Waals surface area contributed by atoms with Gasteiger partial charge in [-0.05, 0) is 54.3 Å². The predicted molar refractivity (Wildman–Crippen MR) is 74.9 cm³/mol. The quantitative estimate of drug-likeness (QED) is 0.754. The summed E-state index contributed by atoms with van der Waals surface area (Å²) < 4.78 is 0. The van der Waals surface area contributed by atoms with E-state index in [9.17, 15) is 5.11 Å². The molecule has 4 atom stereocenters. The molecule has 0 amide bonds. The molecule has 17 heavy (non-hydrogen) atoms. The van der Waals surface area contributed by atoms with Crippen molar-refractivity contribution < 1.29 is 6.53 Å². The minimum atomic E-state index is 0. The molecule has 2 aliphatic rings. The smallest absolute Gasteiger partial charge is 0.0433 e. The maximum absolute atomic E-state index is 9.37. The van der Waals surface area contributed by atoms with Gasteiger partial charge in [0.05, 0.1) is 0 Å². The number of rotatable bonds is 2. The van der Waals surface area contributed by atoms with E-state index < -0.39 is 0 Å².